The third-order valence-corrected chi connectivity index (χ3v) is 9.17. The molecule has 0 aromatic heterocycles. The minimum absolute atomic E-state index is 0.0400. The number of aliphatic hydroxyl groups excluding tert-OH is 1. The number of unbranched alkanes of at least 4 members (excludes halogenated alkanes) is 1. The standard InChI is InChI=1S/C33H44N4O6S/c1-24(2)22-37(44(41,42)29-18-16-27(34)17-19-29)28(23-38)14-9-10-20-35-32(39)31(36-33(40)43-3)21-26-13-7-8-15-30(26)25-11-5-4-6-12-25/h4-8,11-13,15-19,24,28,31,38H,9-10,14,20-23,34H2,1-3H3,(H,35,39)(H,36,40). The maximum absolute atomic E-state index is 13.5. The summed E-state index contributed by atoms with van der Waals surface area (Å²) >= 11 is 0. The monoisotopic (exact) mass is 624 g/mol. The van der Waals surface area contributed by atoms with Gasteiger partial charge in [0.2, 0.25) is 15.9 Å². The largest absolute Gasteiger partial charge is 0.453 e. The molecule has 3 rings (SSSR count). The number of amides is 2. The molecular formula is C33H44N4O6S. The fourth-order valence-corrected chi connectivity index (χ4v) is 6.78. The van der Waals surface area contributed by atoms with Crippen molar-refractivity contribution in [3.05, 3.63) is 84.4 Å². The van der Waals surface area contributed by atoms with Gasteiger partial charge in [-0.15, -0.1) is 0 Å². The van der Waals surface area contributed by atoms with Crippen molar-refractivity contribution in [2.45, 2.75) is 56.5 Å². The molecule has 0 aliphatic carbocycles. The van der Waals surface area contributed by atoms with Crippen molar-refractivity contribution >= 4 is 27.7 Å². The van der Waals surface area contributed by atoms with Crippen LogP contribution in [0.2, 0.25) is 0 Å². The van der Waals surface area contributed by atoms with Crippen molar-refractivity contribution in [2.24, 2.45) is 5.92 Å². The first-order valence-corrected chi connectivity index (χ1v) is 16.2. The predicted molar refractivity (Wildman–Crippen MR) is 172 cm³/mol. The lowest BCUT2D eigenvalue weighted by molar-refractivity contribution is -0.123. The van der Waals surface area contributed by atoms with Crippen LogP contribution in [0.25, 0.3) is 11.1 Å². The summed E-state index contributed by atoms with van der Waals surface area (Å²) in [6.45, 7) is 4.07. The van der Waals surface area contributed by atoms with E-state index in [1.165, 1.54) is 23.5 Å². The summed E-state index contributed by atoms with van der Waals surface area (Å²) in [5.74, 6) is -0.317. The number of nitrogens with zero attached hydrogens (tertiary/aromatic N) is 1. The van der Waals surface area contributed by atoms with E-state index in [1.807, 2.05) is 68.4 Å². The van der Waals surface area contributed by atoms with E-state index in [4.69, 9.17) is 10.5 Å². The number of nitrogens with two attached hydrogens (primary N) is 1. The molecule has 5 N–H and O–H groups in total. The Kier molecular flexibility index (Phi) is 13.2. The van der Waals surface area contributed by atoms with Crippen molar-refractivity contribution in [3.63, 3.8) is 0 Å². The number of anilines is 1. The molecule has 0 bridgehead atoms. The molecule has 10 nitrogen and oxygen atoms in total. The van der Waals surface area contributed by atoms with Crippen molar-refractivity contribution in [3.8, 4) is 11.1 Å². The number of sulfonamides is 1. The summed E-state index contributed by atoms with van der Waals surface area (Å²) in [5, 5.41) is 15.7. The summed E-state index contributed by atoms with van der Waals surface area (Å²) < 4.78 is 33.1. The lowest BCUT2D eigenvalue weighted by Crippen LogP contribution is -2.48. The normalized spacial score (nSPS) is 13.0. The molecule has 3 aromatic rings. The molecule has 0 heterocycles. The summed E-state index contributed by atoms with van der Waals surface area (Å²) in [5.41, 5.74) is 9.07. The maximum atomic E-state index is 13.5. The number of carbonyl (C=O) groups is 2. The van der Waals surface area contributed by atoms with E-state index in [-0.39, 0.29) is 36.3 Å². The van der Waals surface area contributed by atoms with Gasteiger partial charge in [0.15, 0.2) is 0 Å². The molecule has 238 valence electrons. The number of hydrogen-bond donors (Lipinski definition) is 4. The van der Waals surface area contributed by atoms with Gasteiger partial charge < -0.3 is 26.2 Å². The van der Waals surface area contributed by atoms with Crippen LogP contribution < -0.4 is 16.4 Å². The van der Waals surface area contributed by atoms with Crippen molar-refractivity contribution in [1.29, 1.82) is 0 Å². The van der Waals surface area contributed by atoms with Crippen LogP contribution >= 0.6 is 0 Å². The number of hydrogen-bond acceptors (Lipinski definition) is 7. The fourth-order valence-electron chi connectivity index (χ4n) is 4.97. The van der Waals surface area contributed by atoms with Gasteiger partial charge in [0.05, 0.1) is 18.6 Å². The van der Waals surface area contributed by atoms with Crippen LogP contribution in [0.1, 0.15) is 38.7 Å². The minimum atomic E-state index is -3.86. The third-order valence-electron chi connectivity index (χ3n) is 7.23. The summed E-state index contributed by atoms with van der Waals surface area (Å²) in [7, 11) is -2.62. The topological polar surface area (TPSA) is 151 Å². The van der Waals surface area contributed by atoms with E-state index in [1.54, 1.807) is 12.1 Å². The predicted octanol–water partition coefficient (Wildman–Crippen LogP) is 4.20. The molecule has 0 radical (unpaired) electrons. The first-order chi connectivity index (χ1) is 21.1. The molecule has 11 heteroatoms. The van der Waals surface area contributed by atoms with Gasteiger partial charge in [0, 0.05) is 31.2 Å². The van der Waals surface area contributed by atoms with Crippen LogP contribution in [0, 0.1) is 5.92 Å². The van der Waals surface area contributed by atoms with E-state index < -0.39 is 28.2 Å². The smallest absolute Gasteiger partial charge is 0.407 e. The lowest BCUT2D eigenvalue weighted by Gasteiger charge is -2.31. The molecule has 0 aliphatic rings. The van der Waals surface area contributed by atoms with Crippen LogP contribution in [0.4, 0.5) is 10.5 Å². The molecule has 0 spiro atoms. The maximum Gasteiger partial charge on any atom is 0.407 e. The van der Waals surface area contributed by atoms with E-state index in [2.05, 4.69) is 10.6 Å². The number of aliphatic hydroxyl groups is 1. The molecule has 3 aromatic carbocycles. The molecule has 2 unspecified atom stereocenters. The Hall–Kier alpha value is -3.93. The number of benzene rings is 3. The van der Waals surface area contributed by atoms with E-state index >= 15 is 0 Å². The van der Waals surface area contributed by atoms with Crippen LogP contribution in [0.3, 0.4) is 0 Å². The van der Waals surface area contributed by atoms with Crippen LogP contribution in [0.15, 0.2) is 83.8 Å². The Morgan fingerprint density at radius 2 is 1.61 bits per heavy atom. The van der Waals surface area contributed by atoms with Gasteiger partial charge in [-0.2, -0.15) is 4.31 Å². The summed E-state index contributed by atoms with van der Waals surface area (Å²) in [6.07, 6.45) is 1.06. The van der Waals surface area contributed by atoms with Gasteiger partial charge in [-0.1, -0.05) is 74.9 Å². The average molecular weight is 625 g/mol. The Morgan fingerprint density at radius 3 is 2.25 bits per heavy atom. The number of alkyl carbamates (subject to hydrolysis) is 1. The second kappa shape index (κ2) is 16.8. The Labute approximate surface area is 260 Å². The van der Waals surface area contributed by atoms with Gasteiger partial charge in [-0.3, -0.25) is 4.79 Å². The molecule has 0 aliphatic heterocycles. The second-order valence-electron chi connectivity index (χ2n) is 11.1. The fraction of sp³-hybridized carbons (Fsp3) is 0.394. The van der Waals surface area contributed by atoms with E-state index in [9.17, 15) is 23.1 Å². The first kappa shape index (κ1) is 34.6. The van der Waals surface area contributed by atoms with Gasteiger partial charge in [0.25, 0.3) is 0 Å². The quantitative estimate of drug-likeness (QED) is 0.138. The summed E-state index contributed by atoms with van der Waals surface area (Å²) in [4.78, 5) is 25.4. The number of carbonyl (C=O) groups excluding carboxylic acids is 2. The zero-order chi connectivity index (χ0) is 32.1. The van der Waals surface area contributed by atoms with Gasteiger partial charge >= 0.3 is 6.09 Å². The van der Waals surface area contributed by atoms with Gasteiger partial charge in [-0.05, 0) is 59.7 Å². The zero-order valence-electron chi connectivity index (χ0n) is 25.6. The highest BCUT2D eigenvalue weighted by molar-refractivity contribution is 7.89. The molecule has 2 amide bonds. The zero-order valence-corrected chi connectivity index (χ0v) is 26.4. The number of nitrogen functional groups attached to an aromatic ring is 1. The second-order valence-corrected chi connectivity index (χ2v) is 13.0. The van der Waals surface area contributed by atoms with Crippen LogP contribution in [-0.4, -0.2) is 68.7 Å². The van der Waals surface area contributed by atoms with Crippen LogP contribution in [-0.2, 0) is 26.0 Å². The van der Waals surface area contributed by atoms with Crippen LogP contribution in [0.5, 0.6) is 0 Å². The molecule has 0 saturated heterocycles. The van der Waals surface area contributed by atoms with Crippen molar-refractivity contribution in [2.75, 3.05) is 32.5 Å². The Bertz CT molecular complexity index is 1450. The number of nitrogens with one attached hydrogen (secondary N) is 2. The Balaban J connectivity index is 1.63. The molecule has 0 saturated carbocycles. The summed E-state index contributed by atoms with van der Waals surface area (Å²) in [6, 6.07) is 22.1. The van der Waals surface area contributed by atoms with E-state index in [0.717, 1.165) is 16.7 Å². The van der Waals surface area contributed by atoms with E-state index in [0.29, 0.717) is 31.5 Å². The number of methoxy groups -OCH3 is 1. The first-order valence-electron chi connectivity index (χ1n) is 14.8. The van der Waals surface area contributed by atoms with Crippen molar-refractivity contribution in [1.82, 2.24) is 14.9 Å². The molecule has 44 heavy (non-hydrogen) atoms. The van der Waals surface area contributed by atoms with Gasteiger partial charge in [-0.25, -0.2) is 13.2 Å². The minimum Gasteiger partial charge on any atom is -0.453 e. The Morgan fingerprint density at radius 1 is 0.955 bits per heavy atom. The van der Waals surface area contributed by atoms with Crippen molar-refractivity contribution < 1.29 is 27.9 Å². The molecular weight excluding hydrogens is 580 g/mol. The third kappa shape index (κ3) is 9.80. The number of rotatable bonds is 16. The highest BCUT2D eigenvalue weighted by Gasteiger charge is 2.31. The highest BCUT2D eigenvalue weighted by atomic mass is 32.2. The lowest BCUT2D eigenvalue weighted by atomic mass is 9.95. The highest BCUT2D eigenvalue weighted by Crippen LogP contribution is 2.25. The SMILES string of the molecule is COC(=O)NC(Cc1ccccc1-c1ccccc1)C(=O)NCCCCC(CO)N(CC(C)C)S(=O)(=O)c1ccc(N)cc1. The molecule has 0 fully saturated rings. The van der Waals surface area contributed by atoms with Gasteiger partial charge in [0.1, 0.15) is 6.04 Å². The average Bonchev–Trinajstić information content (AvgIpc) is 3.02. The molecule has 2 atom stereocenters. The number of ether oxygens (including phenoxy) is 1.